The number of carbonyl (C=O) groups is 1. The summed E-state index contributed by atoms with van der Waals surface area (Å²) in [5.74, 6) is 0.730. The molecule has 0 amide bonds. The van der Waals surface area contributed by atoms with Crippen molar-refractivity contribution in [2.75, 3.05) is 46.4 Å². The highest BCUT2D eigenvalue weighted by Gasteiger charge is 2.30. The van der Waals surface area contributed by atoms with Crippen LogP contribution >= 0.6 is 0 Å². The number of esters is 1. The number of piperidine rings is 2. The average Bonchev–Trinajstić information content (AvgIpc) is 2.58. The minimum atomic E-state index is -3.37. The van der Waals surface area contributed by atoms with E-state index in [2.05, 4.69) is 23.5 Å². The van der Waals surface area contributed by atoms with Crippen LogP contribution in [0.4, 0.5) is 0 Å². The molecule has 0 saturated carbocycles. The molecule has 2 fully saturated rings. The molecule has 7 nitrogen and oxygen atoms in total. The number of carbonyl (C=O) groups excluding carboxylic acids is 1. The average molecular weight is 376 g/mol. The summed E-state index contributed by atoms with van der Waals surface area (Å²) in [5, 5.41) is 0. The molecule has 2 rings (SSSR count). The van der Waals surface area contributed by atoms with E-state index in [0.717, 1.165) is 45.3 Å². The number of likely N-dealkylation sites (tertiary alicyclic amines) is 1. The van der Waals surface area contributed by atoms with Crippen molar-refractivity contribution in [1.29, 1.82) is 0 Å². The van der Waals surface area contributed by atoms with E-state index in [1.165, 1.54) is 7.11 Å². The molecule has 146 valence electrons. The van der Waals surface area contributed by atoms with Crippen LogP contribution in [0.25, 0.3) is 0 Å². The topological polar surface area (TPSA) is 79.0 Å². The first-order valence-electron chi connectivity index (χ1n) is 9.36. The minimum Gasteiger partial charge on any atom is -0.469 e. The van der Waals surface area contributed by atoms with Crippen LogP contribution < -0.4 is 4.72 Å². The van der Waals surface area contributed by atoms with Gasteiger partial charge in [0.05, 0.1) is 13.0 Å². The molecular weight excluding hydrogens is 342 g/mol. The van der Waals surface area contributed by atoms with E-state index in [1.54, 1.807) is 4.31 Å². The lowest BCUT2D eigenvalue weighted by atomic mass is 9.94. The Bertz CT molecular complexity index is 522. The molecule has 0 spiro atoms. The Hall–Kier alpha value is -0.700. The van der Waals surface area contributed by atoms with Gasteiger partial charge in [-0.3, -0.25) is 4.79 Å². The van der Waals surface area contributed by atoms with Gasteiger partial charge < -0.3 is 9.64 Å². The zero-order valence-electron chi connectivity index (χ0n) is 15.7. The summed E-state index contributed by atoms with van der Waals surface area (Å²) >= 11 is 0. The quantitative estimate of drug-likeness (QED) is 0.532. The van der Waals surface area contributed by atoms with Gasteiger partial charge in [0.25, 0.3) is 10.2 Å². The van der Waals surface area contributed by atoms with Crippen LogP contribution in [0.1, 0.15) is 39.5 Å². The summed E-state index contributed by atoms with van der Waals surface area (Å²) in [4.78, 5) is 13.8. The van der Waals surface area contributed by atoms with Crippen LogP contribution in [0.15, 0.2) is 0 Å². The van der Waals surface area contributed by atoms with Crippen molar-refractivity contribution in [3.63, 3.8) is 0 Å². The van der Waals surface area contributed by atoms with Gasteiger partial charge in [-0.2, -0.15) is 12.7 Å². The summed E-state index contributed by atoms with van der Waals surface area (Å²) < 4.78 is 34.0. The molecule has 8 heteroatoms. The van der Waals surface area contributed by atoms with Gasteiger partial charge in [0.2, 0.25) is 0 Å². The fraction of sp³-hybridized carbons (Fsp3) is 0.941. The third kappa shape index (κ3) is 6.20. The SMILES string of the molecule is COC(=O)C1CCN(CCCNS(=O)(=O)N2C[C@H](C)C[C@H](C)C2)CC1. The number of hydrogen-bond donors (Lipinski definition) is 1. The molecule has 2 atom stereocenters. The van der Waals surface area contributed by atoms with Crippen molar-refractivity contribution in [2.24, 2.45) is 17.8 Å². The third-order valence-corrected chi connectivity index (χ3v) is 6.78. The maximum atomic E-state index is 12.4. The molecule has 0 bridgehead atoms. The van der Waals surface area contributed by atoms with Crippen LogP contribution in [0.2, 0.25) is 0 Å². The lowest BCUT2D eigenvalue weighted by Gasteiger charge is -2.34. The first-order valence-corrected chi connectivity index (χ1v) is 10.8. The number of methoxy groups -OCH3 is 1. The summed E-state index contributed by atoms with van der Waals surface area (Å²) in [6.45, 7) is 8.48. The van der Waals surface area contributed by atoms with E-state index in [1.807, 2.05) is 0 Å². The molecular formula is C17H33N3O4S. The van der Waals surface area contributed by atoms with Crippen LogP contribution in [0.5, 0.6) is 0 Å². The molecule has 0 aromatic heterocycles. The maximum absolute atomic E-state index is 12.4. The first-order chi connectivity index (χ1) is 11.8. The minimum absolute atomic E-state index is 0.0165. The summed E-state index contributed by atoms with van der Waals surface area (Å²) in [5.41, 5.74) is 0. The van der Waals surface area contributed by atoms with Crippen molar-refractivity contribution in [1.82, 2.24) is 13.9 Å². The van der Waals surface area contributed by atoms with Crippen molar-refractivity contribution in [3.8, 4) is 0 Å². The van der Waals surface area contributed by atoms with Crippen LogP contribution in [-0.2, 0) is 19.7 Å². The van der Waals surface area contributed by atoms with Gasteiger partial charge >= 0.3 is 5.97 Å². The first kappa shape index (κ1) is 20.6. The van der Waals surface area contributed by atoms with Gasteiger partial charge in [-0.25, -0.2) is 4.72 Å². The van der Waals surface area contributed by atoms with E-state index in [9.17, 15) is 13.2 Å². The molecule has 0 aromatic carbocycles. The molecule has 25 heavy (non-hydrogen) atoms. The molecule has 2 aliphatic heterocycles. The highest BCUT2D eigenvalue weighted by molar-refractivity contribution is 7.87. The predicted molar refractivity (Wildman–Crippen MR) is 97.2 cm³/mol. The molecule has 1 N–H and O–H groups in total. The highest BCUT2D eigenvalue weighted by Crippen LogP contribution is 2.22. The maximum Gasteiger partial charge on any atom is 0.308 e. The number of hydrogen-bond acceptors (Lipinski definition) is 5. The summed E-state index contributed by atoms with van der Waals surface area (Å²) in [6, 6.07) is 0. The van der Waals surface area contributed by atoms with Gasteiger partial charge in [-0.1, -0.05) is 13.8 Å². The van der Waals surface area contributed by atoms with Crippen molar-refractivity contribution < 1.29 is 17.9 Å². The Kier molecular flexibility index (Phi) is 7.67. The largest absolute Gasteiger partial charge is 0.469 e. The van der Waals surface area contributed by atoms with E-state index in [0.29, 0.717) is 31.5 Å². The second-order valence-electron chi connectivity index (χ2n) is 7.66. The smallest absolute Gasteiger partial charge is 0.308 e. The molecule has 2 aliphatic rings. The third-order valence-electron chi connectivity index (χ3n) is 5.23. The van der Waals surface area contributed by atoms with Gasteiger partial charge in [0, 0.05) is 19.6 Å². The van der Waals surface area contributed by atoms with E-state index in [-0.39, 0.29) is 11.9 Å². The fourth-order valence-electron chi connectivity index (χ4n) is 3.96. The second-order valence-corrected chi connectivity index (χ2v) is 9.41. The van der Waals surface area contributed by atoms with Crippen LogP contribution in [0.3, 0.4) is 0 Å². The predicted octanol–water partition coefficient (Wildman–Crippen LogP) is 1.07. The normalized spacial score (nSPS) is 27.3. The lowest BCUT2D eigenvalue weighted by molar-refractivity contribution is -0.147. The van der Waals surface area contributed by atoms with E-state index in [4.69, 9.17) is 4.74 Å². The van der Waals surface area contributed by atoms with Gasteiger partial charge in [-0.15, -0.1) is 0 Å². The second kappa shape index (κ2) is 9.30. The van der Waals surface area contributed by atoms with Gasteiger partial charge in [0.15, 0.2) is 0 Å². The number of nitrogens with one attached hydrogen (secondary N) is 1. The van der Waals surface area contributed by atoms with Gasteiger partial charge in [0.1, 0.15) is 0 Å². The molecule has 0 radical (unpaired) electrons. The summed E-state index contributed by atoms with van der Waals surface area (Å²) in [7, 11) is -1.94. The zero-order chi connectivity index (χ0) is 18.4. The fourth-order valence-corrected chi connectivity index (χ4v) is 5.44. The monoisotopic (exact) mass is 375 g/mol. The Labute approximate surface area is 152 Å². The Balaban J connectivity index is 1.66. The Morgan fingerprint density at radius 2 is 1.76 bits per heavy atom. The van der Waals surface area contributed by atoms with Crippen LogP contribution in [-0.4, -0.2) is 70.0 Å². The number of nitrogens with zero attached hydrogens (tertiary/aromatic N) is 2. The van der Waals surface area contributed by atoms with Gasteiger partial charge in [-0.05, 0) is 57.2 Å². The molecule has 0 unspecified atom stereocenters. The highest BCUT2D eigenvalue weighted by atomic mass is 32.2. The van der Waals surface area contributed by atoms with E-state index >= 15 is 0 Å². The van der Waals surface area contributed by atoms with Crippen LogP contribution in [0, 0.1) is 17.8 Å². The molecule has 0 aliphatic carbocycles. The van der Waals surface area contributed by atoms with Crippen molar-refractivity contribution in [2.45, 2.75) is 39.5 Å². The van der Waals surface area contributed by atoms with Crippen molar-refractivity contribution in [3.05, 3.63) is 0 Å². The number of ether oxygens (including phenoxy) is 1. The van der Waals surface area contributed by atoms with Crippen molar-refractivity contribution >= 4 is 16.2 Å². The molecule has 2 saturated heterocycles. The zero-order valence-corrected chi connectivity index (χ0v) is 16.6. The molecule has 0 aromatic rings. The number of rotatable bonds is 7. The molecule has 2 heterocycles. The van der Waals surface area contributed by atoms with E-state index < -0.39 is 10.2 Å². The lowest BCUT2D eigenvalue weighted by Crippen LogP contribution is -2.48. The standard InChI is InChI=1S/C17H33N3O4S/c1-14-11-15(2)13-20(12-14)25(22,23)18-7-4-8-19-9-5-16(6-10-19)17(21)24-3/h14-16,18H,4-13H2,1-3H3/t14-,15+. The Morgan fingerprint density at radius 1 is 1.16 bits per heavy atom. The summed E-state index contributed by atoms with van der Waals surface area (Å²) in [6.07, 6.45) is 3.51. The Morgan fingerprint density at radius 3 is 2.32 bits per heavy atom.